The predicted octanol–water partition coefficient (Wildman–Crippen LogP) is 0.550. The van der Waals surface area contributed by atoms with Crippen molar-refractivity contribution >= 4 is 0 Å². The van der Waals surface area contributed by atoms with Gasteiger partial charge >= 0.3 is 0 Å². The summed E-state index contributed by atoms with van der Waals surface area (Å²) in [6.07, 6.45) is -1.86. The van der Waals surface area contributed by atoms with Gasteiger partial charge in [0.2, 0.25) is 0 Å². The summed E-state index contributed by atoms with van der Waals surface area (Å²) in [6.45, 7) is 7.70. The molecular weight excluding hydrogens is 212 g/mol. The smallest absolute Gasteiger partial charge is 0.183 e. The van der Waals surface area contributed by atoms with E-state index in [0.717, 1.165) is 0 Å². The van der Waals surface area contributed by atoms with E-state index in [1.165, 1.54) is 0 Å². The van der Waals surface area contributed by atoms with Crippen molar-refractivity contribution in [1.29, 1.82) is 0 Å². The Morgan fingerprint density at radius 2 is 1.56 bits per heavy atom. The second-order valence-corrected chi connectivity index (χ2v) is 3.56. The molecule has 0 saturated carbocycles. The van der Waals surface area contributed by atoms with Crippen LogP contribution in [0.3, 0.4) is 0 Å². The first-order valence-electron chi connectivity index (χ1n) is 5.89. The average Bonchev–Trinajstić information content (AvgIpc) is 2.27. The van der Waals surface area contributed by atoms with Crippen LogP contribution in [0.1, 0.15) is 20.8 Å². The zero-order valence-corrected chi connectivity index (χ0v) is 10.2. The Labute approximate surface area is 96.6 Å². The number of aliphatic hydroxyl groups excluding tert-OH is 1. The first-order chi connectivity index (χ1) is 7.74. The molecule has 5 heteroatoms. The highest BCUT2D eigenvalue weighted by Crippen LogP contribution is 2.22. The molecule has 0 spiro atoms. The molecule has 0 aliphatic carbocycles. The first-order valence-corrected chi connectivity index (χ1v) is 5.89. The van der Waals surface area contributed by atoms with E-state index in [1.807, 2.05) is 20.8 Å². The summed E-state index contributed by atoms with van der Waals surface area (Å²) >= 11 is 0. The lowest BCUT2D eigenvalue weighted by Gasteiger charge is -2.39. The lowest BCUT2D eigenvalue weighted by atomic mass is 10.0. The van der Waals surface area contributed by atoms with Crippen LogP contribution in [0.2, 0.25) is 0 Å². The van der Waals surface area contributed by atoms with Gasteiger partial charge in [-0.05, 0) is 20.8 Å². The molecule has 1 rings (SSSR count). The van der Waals surface area contributed by atoms with Gasteiger partial charge in [0.15, 0.2) is 6.29 Å². The number of aliphatic hydroxyl groups is 1. The van der Waals surface area contributed by atoms with Crippen LogP contribution in [0.4, 0.5) is 0 Å². The second-order valence-electron chi connectivity index (χ2n) is 3.56. The molecule has 0 aromatic carbocycles. The summed E-state index contributed by atoms with van der Waals surface area (Å²) in [7, 11) is 0. The van der Waals surface area contributed by atoms with Crippen molar-refractivity contribution in [3.05, 3.63) is 0 Å². The molecule has 5 nitrogen and oxygen atoms in total. The van der Waals surface area contributed by atoms with Crippen LogP contribution in [-0.2, 0) is 18.9 Å². The van der Waals surface area contributed by atoms with Gasteiger partial charge in [-0.3, -0.25) is 0 Å². The van der Waals surface area contributed by atoms with Gasteiger partial charge in [0.05, 0.1) is 6.61 Å². The maximum absolute atomic E-state index is 9.70. The molecule has 0 amide bonds. The van der Waals surface area contributed by atoms with E-state index in [0.29, 0.717) is 26.4 Å². The third-order valence-corrected chi connectivity index (χ3v) is 2.50. The monoisotopic (exact) mass is 234 g/mol. The van der Waals surface area contributed by atoms with Gasteiger partial charge in [0.25, 0.3) is 0 Å². The Bertz CT molecular complexity index is 187. The van der Waals surface area contributed by atoms with Crippen LogP contribution < -0.4 is 0 Å². The lowest BCUT2D eigenvalue weighted by molar-refractivity contribution is -0.278. The topological polar surface area (TPSA) is 57.2 Å². The number of hydrogen-bond donors (Lipinski definition) is 1. The van der Waals surface area contributed by atoms with Crippen LogP contribution in [0.15, 0.2) is 0 Å². The maximum Gasteiger partial charge on any atom is 0.183 e. The highest BCUT2D eigenvalue weighted by Gasteiger charge is 2.41. The molecule has 0 bridgehead atoms. The molecule has 1 fully saturated rings. The van der Waals surface area contributed by atoms with Gasteiger partial charge in [-0.2, -0.15) is 0 Å². The minimum absolute atomic E-state index is 0.176. The van der Waals surface area contributed by atoms with Crippen molar-refractivity contribution in [1.82, 2.24) is 0 Å². The second kappa shape index (κ2) is 7.19. The molecule has 0 aromatic rings. The Morgan fingerprint density at radius 1 is 1.00 bits per heavy atom. The van der Waals surface area contributed by atoms with E-state index in [1.54, 1.807) is 0 Å². The largest absolute Gasteiger partial charge is 0.373 e. The van der Waals surface area contributed by atoms with Gasteiger partial charge in [-0.1, -0.05) is 0 Å². The molecule has 1 heterocycles. The third kappa shape index (κ3) is 3.40. The van der Waals surface area contributed by atoms with E-state index < -0.39 is 12.4 Å². The number of rotatable bonds is 6. The molecule has 1 N–H and O–H groups in total. The fourth-order valence-corrected chi connectivity index (χ4v) is 1.88. The summed E-state index contributed by atoms with van der Waals surface area (Å²) in [4.78, 5) is 0. The third-order valence-electron chi connectivity index (χ3n) is 2.50. The summed E-state index contributed by atoms with van der Waals surface area (Å²) in [5.41, 5.74) is 0. The Hall–Kier alpha value is -0.200. The molecule has 96 valence electrons. The summed E-state index contributed by atoms with van der Waals surface area (Å²) in [5, 5.41) is 9.70. The molecule has 1 unspecified atom stereocenters. The van der Waals surface area contributed by atoms with Crippen molar-refractivity contribution < 1.29 is 24.1 Å². The lowest BCUT2D eigenvalue weighted by Crippen LogP contribution is -2.56. The van der Waals surface area contributed by atoms with E-state index in [9.17, 15) is 5.11 Å². The van der Waals surface area contributed by atoms with Crippen molar-refractivity contribution in [2.45, 2.75) is 45.4 Å². The van der Waals surface area contributed by atoms with Gasteiger partial charge in [-0.25, -0.2) is 0 Å². The SMILES string of the molecule is CCO[C@H]1[C@H](OCC)COC(O)[C@@H]1OCC. The molecule has 1 aliphatic rings. The fourth-order valence-electron chi connectivity index (χ4n) is 1.88. The zero-order chi connectivity index (χ0) is 12.0. The Morgan fingerprint density at radius 3 is 2.12 bits per heavy atom. The van der Waals surface area contributed by atoms with E-state index >= 15 is 0 Å². The van der Waals surface area contributed by atoms with Crippen molar-refractivity contribution in [2.24, 2.45) is 0 Å². The minimum atomic E-state index is -0.937. The molecule has 1 aliphatic heterocycles. The standard InChI is InChI=1S/C11H22O5/c1-4-13-8-7-16-11(12)10(15-6-3)9(8)14-5-2/h8-12H,4-7H2,1-3H3/t8-,9+,10-,11?/m1/s1. The Kier molecular flexibility index (Phi) is 6.23. The van der Waals surface area contributed by atoms with Gasteiger partial charge in [0.1, 0.15) is 18.3 Å². The van der Waals surface area contributed by atoms with Crippen molar-refractivity contribution in [2.75, 3.05) is 26.4 Å². The molecule has 0 radical (unpaired) electrons. The summed E-state index contributed by atoms with van der Waals surface area (Å²) in [5.74, 6) is 0. The maximum atomic E-state index is 9.70. The number of ether oxygens (including phenoxy) is 4. The number of hydrogen-bond acceptors (Lipinski definition) is 5. The van der Waals surface area contributed by atoms with Crippen LogP contribution in [0, 0.1) is 0 Å². The van der Waals surface area contributed by atoms with Gasteiger partial charge in [0, 0.05) is 19.8 Å². The van der Waals surface area contributed by atoms with Gasteiger partial charge in [-0.15, -0.1) is 0 Å². The molecule has 4 atom stereocenters. The summed E-state index contributed by atoms with van der Waals surface area (Å²) < 4.78 is 21.8. The Balaban J connectivity index is 2.65. The summed E-state index contributed by atoms with van der Waals surface area (Å²) in [6, 6.07) is 0. The predicted molar refractivity (Wildman–Crippen MR) is 58.2 cm³/mol. The normalized spacial score (nSPS) is 35.2. The zero-order valence-electron chi connectivity index (χ0n) is 10.2. The van der Waals surface area contributed by atoms with Crippen LogP contribution in [-0.4, -0.2) is 56.1 Å². The highest BCUT2D eigenvalue weighted by atomic mass is 16.7. The fraction of sp³-hybridized carbons (Fsp3) is 1.00. The first kappa shape index (κ1) is 13.9. The molecule has 1 saturated heterocycles. The quantitative estimate of drug-likeness (QED) is 0.727. The van der Waals surface area contributed by atoms with E-state index in [-0.39, 0.29) is 12.2 Å². The minimum Gasteiger partial charge on any atom is -0.373 e. The van der Waals surface area contributed by atoms with E-state index in [4.69, 9.17) is 18.9 Å². The highest BCUT2D eigenvalue weighted by molar-refractivity contribution is 4.86. The molecular formula is C11H22O5. The van der Waals surface area contributed by atoms with Crippen molar-refractivity contribution in [3.63, 3.8) is 0 Å². The van der Waals surface area contributed by atoms with Crippen LogP contribution in [0.25, 0.3) is 0 Å². The van der Waals surface area contributed by atoms with Crippen molar-refractivity contribution in [3.8, 4) is 0 Å². The molecule has 16 heavy (non-hydrogen) atoms. The van der Waals surface area contributed by atoms with Gasteiger partial charge < -0.3 is 24.1 Å². The van der Waals surface area contributed by atoms with Crippen LogP contribution in [0.5, 0.6) is 0 Å². The average molecular weight is 234 g/mol. The molecule has 0 aromatic heterocycles. The van der Waals surface area contributed by atoms with E-state index in [2.05, 4.69) is 0 Å². The van der Waals surface area contributed by atoms with Crippen LogP contribution >= 0.6 is 0 Å².